The maximum absolute atomic E-state index is 12.6. The Labute approximate surface area is 178 Å². The van der Waals surface area contributed by atoms with Crippen molar-refractivity contribution >= 4 is 35.2 Å². The van der Waals surface area contributed by atoms with E-state index in [0.717, 1.165) is 54.2 Å². The van der Waals surface area contributed by atoms with Gasteiger partial charge < -0.3 is 10.0 Å². The molecule has 0 unspecified atom stereocenters. The molecular formula is C20H22Cl2N4O3. The molecule has 2 aliphatic heterocycles. The Hall–Kier alpha value is -2.09. The molecule has 0 bridgehead atoms. The molecule has 154 valence electrons. The number of nitrogens with zero attached hydrogens (tertiary/aromatic N) is 4. The number of rotatable bonds is 3. The molecule has 0 radical (unpaired) electrons. The highest BCUT2D eigenvalue weighted by Crippen LogP contribution is 2.41. The maximum Gasteiger partial charge on any atom is 0.356 e. The quantitative estimate of drug-likeness (QED) is 0.790. The second-order valence-electron chi connectivity index (χ2n) is 7.92. The second-order valence-corrected chi connectivity index (χ2v) is 8.76. The summed E-state index contributed by atoms with van der Waals surface area (Å²) in [4.78, 5) is 27.7. The third-order valence-electron chi connectivity index (χ3n) is 6.02. The van der Waals surface area contributed by atoms with Gasteiger partial charge in [0.2, 0.25) is 0 Å². The van der Waals surface area contributed by atoms with E-state index in [2.05, 4.69) is 10.00 Å². The standard InChI is InChI=1S/C20H22Cl2N4O3/c21-15-1-2-16(22)14(11-15)12-24-8-4-20(13-24)5-9-25(10-6-20)19(29)26-7-3-17(23-26)18(27)28/h1-3,7,11H,4-6,8-10,12-13H2,(H,27,28). The summed E-state index contributed by atoms with van der Waals surface area (Å²) in [7, 11) is 0. The molecule has 2 fully saturated rings. The van der Waals surface area contributed by atoms with E-state index < -0.39 is 5.97 Å². The Morgan fingerprint density at radius 3 is 2.52 bits per heavy atom. The smallest absolute Gasteiger partial charge is 0.356 e. The Morgan fingerprint density at radius 1 is 1.10 bits per heavy atom. The largest absolute Gasteiger partial charge is 0.476 e. The van der Waals surface area contributed by atoms with Crippen LogP contribution in [0.2, 0.25) is 10.0 Å². The fourth-order valence-corrected chi connectivity index (χ4v) is 4.71. The summed E-state index contributed by atoms with van der Waals surface area (Å²) >= 11 is 12.4. The molecule has 3 heterocycles. The van der Waals surface area contributed by atoms with Gasteiger partial charge in [-0.1, -0.05) is 23.2 Å². The van der Waals surface area contributed by atoms with Crippen molar-refractivity contribution in [1.82, 2.24) is 19.6 Å². The minimum atomic E-state index is -1.14. The molecule has 0 saturated carbocycles. The zero-order valence-corrected chi connectivity index (χ0v) is 17.4. The monoisotopic (exact) mass is 436 g/mol. The van der Waals surface area contributed by atoms with E-state index >= 15 is 0 Å². The van der Waals surface area contributed by atoms with E-state index in [1.54, 1.807) is 11.0 Å². The summed E-state index contributed by atoms with van der Waals surface area (Å²) in [6.07, 6.45) is 4.34. The van der Waals surface area contributed by atoms with E-state index in [1.165, 1.54) is 12.3 Å². The van der Waals surface area contributed by atoms with Crippen molar-refractivity contribution in [2.24, 2.45) is 5.41 Å². The van der Waals surface area contributed by atoms with Gasteiger partial charge in [-0.3, -0.25) is 4.90 Å². The van der Waals surface area contributed by atoms with Gasteiger partial charge in [0.05, 0.1) is 0 Å². The Bertz CT molecular complexity index is 938. The molecule has 1 amide bonds. The first kappa shape index (κ1) is 20.2. The lowest BCUT2D eigenvalue weighted by Crippen LogP contribution is -2.45. The molecule has 4 rings (SSSR count). The lowest BCUT2D eigenvalue weighted by atomic mass is 9.78. The van der Waals surface area contributed by atoms with E-state index in [9.17, 15) is 9.59 Å². The Morgan fingerprint density at radius 2 is 1.83 bits per heavy atom. The average molecular weight is 437 g/mol. The van der Waals surface area contributed by atoms with Gasteiger partial charge >= 0.3 is 12.0 Å². The lowest BCUT2D eigenvalue weighted by Gasteiger charge is -2.39. The van der Waals surface area contributed by atoms with Crippen LogP contribution in [0.5, 0.6) is 0 Å². The minimum Gasteiger partial charge on any atom is -0.476 e. The third-order valence-corrected chi connectivity index (χ3v) is 6.62. The topological polar surface area (TPSA) is 78.7 Å². The van der Waals surface area contributed by atoms with Crippen molar-refractivity contribution in [2.45, 2.75) is 25.8 Å². The van der Waals surface area contributed by atoms with Gasteiger partial charge in [0.15, 0.2) is 5.69 Å². The molecule has 2 saturated heterocycles. The minimum absolute atomic E-state index is 0.127. The van der Waals surface area contributed by atoms with Gasteiger partial charge in [-0.15, -0.1) is 0 Å². The van der Waals surface area contributed by atoms with Crippen molar-refractivity contribution in [3.63, 3.8) is 0 Å². The molecule has 7 nitrogen and oxygen atoms in total. The number of carbonyl (C=O) groups is 2. The molecule has 1 N–H and O–H groups in total. The van der Waals surface area contributed by atoms with Crippen molar-refractivity contribution in [3.8, 4) is 0 Å². The highest BCUT2D eigenvalue weighted by molar-refractivity contribution is 6.33. The lowest BCUT2D eigenvalue weighted by molar-refractivity contribution is 0.0689. The summed E-state index contributed by atoms with van der Waals surface area (Å²) in [5.74, 6) is -1.14. The predicted molar refractivity (Wildman–Crippen MR) is 110 cm³/mol. The van der Waals surface area contributed by atoms with Crippen molar-refractivity contribution in [2.75, 3.05) is 26.2 Å². The third kappa shape index (κ3) is 4.27. The van der Waals surface area contributed by atoms with Crippen LogP contribution in [0.25, 0.3) is 0 Å². The van der Waals surface area contributed by atoms with Crippen LogP contribution in [0.4, 0.5) is 4.79 Å². The number of aromatic carboxylic acids is 1. The number of carboxylic acid groups (broad SMARTS) is 1. The fraction of sp³-hybridized carbons (Fsp3) is 0.450. The Kier molecular flexibility index (Phi) is 5.55. The maximum atomic E-state index is 12.6. The molecular weight excluding hydrogens is 415 g/mol. The van der Waals surface area contributed by atoms with Gasteiger partial charge in [0.25, 0.3) is 0 Å². The molecule has 2 aromatic rings. The van der Waals surface area contributed by atoms with Crippen LogP contribution in [0.1, 0.15) is 35.3 Å². The molecule has 9 heteroatoms. The first-order valence-corrected chi connectivity index (χ1v) is 10.4. The summed E-state index contributed by atoms with van der Waals surface area (Å²) in [6, 6.07) is 6.62. The van der Waals surface area contributed by atoms with Crippen LogP contribution >= 0.6 is 23.2 Å². The number of carbonyl (C=O) groups excluding carboxylic acids is 1. The molecule has 2 aliphatic rings. The van der Waals surface area contributed by atoms with E-state index in [1.807, 2.05) is 12.1 Å². The van der Waals surface area contributed by atoms with Crippen LogP contribution < -0.4 is 0 Å². The number of benzene rings is 1. The number of halogens is 2. The molecule has 0 atom stereocenters. The fourth-order valence-electron chi connectivity index (χ4n) is 4.34. The van der Waals surface area contributed by atoms with Crippen LogP contribution in [-0.4, -0.2) is 62.9 Å². The zero-order valence-electron chi connectivity index (χ0n) is 15.9. The van der Waals surface area contributed by atoms with Crippen molar-refractivity contribution in [1.29, 1.82) is 0 Å². The SMILES string of the molecule is O=C(O)c1ccn(C(=O)N2CCC3(CCN(Cc4cc(Cl)ccc4Cl)C3)CC2)n1. The number of piperidine rings is 1. The summed E-state index contributed by atoms with van der Waals surface area (Å²) in [5.41, 5.74) is 1.12. The van der Waals surface area contributed by atoms with Crippen LogP contribution in [-0.2, 0) is 6.54 Å². The van der Waals surface area contributed by atoms with Gasteiger partial charge in [-0.25, -0.2) is 9.59 Å². The number of amides is 1. The summed E-state index contributed by atoms with van der Waals surface area (Å²) in [6.45, 7) is 4.04. The van der Waals surface area contributed by atoms with Gasteiger partial charge in [0, 0.05) is 42.4 Å². The normalized spacial score (nSPS) is 19.0. The zero-order chi connectivity index (χ0) is 20.6. The number of aromatic nitrogens is 2. The van der Waals surface area contributed by atoms with E-state index in [0.29, 0.717) is 18.1 Å². The molecule has 0 aliphatic carbocycles. The molecule has 1 spiro atoms. The number of hydrogen-bond donors (Lipinski definition) is 1. The van der Waals surface area contributed by atoms with Crippen LogP contribution in [0.15, 0.2) is 30.5 Å². The average Bonchev–Trinajstić information content (AvgIpc) is 3.33. The molecule has 1 aromatic heterocycles. The number of carboxylic acids is 1. The highest BCUT2D eigenvalue weighted by Gasteiger charge is 2.41. The van der Waals surface area contributed by atoms with Crippen molar-refractivity contribution < 1.29 is 14.7 Å². The molecule has 29 heavy (non-hydrogen) atoms. The summed E-state index contributed by atoms with van der Waals surface area (Å²) in [5, 5.41) is 14.2. The van der Waals surface area contributed by atoms with E-state index in [-0.39, 0.29) is 17.1 Å². The Balaban J connectivity index is 1.35. The van der Waals surface area contributed by atoms with E-state index in [4.69, 9.17) is 28.3 Å². The van der Waals surface area contributed by atoms with Gasteiger partial charge in [-0.05, 0) is 61.1 Å². The first-order chi connectivity index (χ1) is 13.8. The van der Waals surface area contributed by atoms with Gasteiger partial charge in [-0.2, -0.15) is 9.78 Å². The number of likely N-dealkylation sites (tertiary alicyclic amines) is 2. The summed E-state index contributed by atoms with van der Waals surface area (Å²) < 4.78 is 1.11. The van der Waals surface area contributed by atoms with Crippen LogP contribution in [0, 0.1) is 5.41 Å². The van der Waals surface area contributed by atoms with Gasteiger partial charge in [0.1, 0.15) is 0 Å². The number of hydrogen-bond acceptors (Lipinski definition) is 4. The second kappa shape index (κ2) is 7.97. The van der Waals surface area contributed by atoms with Crippen molar-refractivity contribution in [3.05, 3.63) is 51.8 Å². The highest BCUT2D eigenvalue weighted by atomic mass is 35.5. The molecule has 1 aromatic carbocycles. The predicted octanol–water partition coefficient (Wildman–Crippen LogP) is 3.84. The van der Waals surface area contributed by atoms with Crippen LogP contribution in [0.3, 0.4) is 0 Å². The first-order valence-electron chi connectivity index (χ1n) is 9.60.